The second kappa shape index (κ2) is 7.76. The third kappa shape index (κ3) is 3.48. The van der Waals surface area contributed by atoms with Crippen molar-refractivity contribution in [2.45, 2.75) is 44.6 Å². The molecule has 0 aliphatic carbocycles. The van der Waals surface area contributed by atoms with Gasteiger partial charge in [-0.1, -0.05) is 12.5 Å². The molecule has 0 saturated carbocycles. The highest BCUT2D eigenvalue weighted by Gasteiger charge is 2.24. The Morgan fingerprint density at radius 2 is 1.92 bits per heavy atom. The molecular weight excluding hydrogens is 326 g/mol. The van der Waals surface area contributed by atoms with Crippen molar-refractivity contribution in [3.05, 3.63) is 29.6 Å². The summed E-state index contributed by atoms with van der Waals surface area (Å²) in [7, 11) is 0. The largest absolute Gasteiger partial charge is 0.366 e. The van der Waals surface area contributed by atoms with Crippen LogP contribution in [0.4, 0.5) is 0 Å². The maximum atomic E-state index is 11.9. The van der Waals surface area contributed by atoms with Crippen molar-refractivity contribution in [3.63, 3.8) is 0 Å². The zero-order valence-electron chi connectivity index (χ0n) is 15.4. The van der Waals surface area contributed by atoms with Gasteiger partial charge in [-0.2, -0.15) is 0 Å². The maximum absolute atomic E-state index is 11.9. The molecule has 1 amide bonds. The normalized spacial score (nSPS) is 19.8. The Morgan fingerprint density at radius 3 is 2.65 bits per heavy atom. The van der Waals surface area contributed by atoms with Crippen LogP contribution in [0.15, 0.2) is 18.2 Å². The number of para-hydroxylation sites is 1. The summed E-state index contributed by atoms with van der Waals surface area (Å²) in [6.45, 7) is 6.43. The number of nitrogens with one attached hydrogen (secondary N) is 1. The van der Waals surface area contributed by atoms with Gasteiger partial charge >= 0.3 is 0 Å². The van der Waals surface area contributed by atoms with Crippen molar-refractivity contribution in [1.82, 2.24) is 19.8 Å². The van der Waals surface area contributed by atoms with Crippen LogP contribution in [0.1, 0.15) is 54.2 Å². The molecule has 0 unspecified atom stereocenters. The van der Waals surface area contributed by atoms with Crippen molar-refractivity contribution >= 4 is 16.9 Å². The maximum Gasteiger partial charge on any atom is 0.250 e. The number of benzene rings is 1. The molecule has 0 spiro atoms. The molecule has 0 bridgehead atoms. The summed E-state index contributed by atoms with van der Waals surface area (Å²) in [5.41, 5.74) is 7.96. The summed E-state index contributed by atoms with van der Waals surface area (Å²) in [6.07, 6.45) is 6.15. The zero-order chi connectivity index (χ0) is 17.9. The summed E-state index contributed by atoms with van der Waals surface area (Å²) in [6, 6.07) is 5.79. The van der Waals surface area contributed by atoms with Gasteiger partial charge < -0.3 is 20.5 Å². The van der Waals surface area contributed by atoms with Crippen molar-refractivity contribution in [2.75, 3.05) is 32.7 Å². The molecule has 4 rings (SSSR count). The minimum atomic E-state index is -0.395. The average Bonchev–Trinajstić information content (AvgIpc) is 3.06. The second-order valence-corrected chi connectivity index (χ2v) is 7.59. The highest BCUT2D eigenvalue weighted by atomic mass is 16.1. The smallest absolute Gasteiger partial charge is 0.250 e. The molecule has 2 aliphatic heterocycles. The van der Waals surface area contributed by atoms with Crippen LogP contribution in [0.5, 0.6) is 0 Å². The lowest BCUT2D eigenvalue weighted by Crippen LogP contribution is -2.33. The highest BCUT2D eigenvalue weighted by molar-refractivity contribution is 6.04. The van der Waals surface area contributed by atoms with E-state index in [9.17, 15) is 4.79 Å². The van der Waals surface area contributed by atoms with E-state index < -0.39 is 5.91 Å². The van der Waals surface area contributed by atoms with E-state index in [4.69, 9.17) is 10.7 Å². The first kappa shape index (κ1) is 17.5. The number of piperidine rings is 2. The van der Waals surface area contributed by atoms with Crippen LogP contribution in [0.2, 0.25) is 0 Å². The number of nitrogens with two attached hydrogens (primary N) is 1. The lowest BCUT2D eigenvalue weighted by molar-refractivity contribution is 0.100. The number of primary amides is 1. The van der Waals surface area contributed by atoms with E-state index >= 15 is 0 Å². The van der Waals surface area contributed by atoms with Gasteiger partial charge in [-0.25, -0.2) is 4.98 Å². The minimum absolute atomic E-state index is 0.395. The Balaban J connectivity index is 1.69. The Hall–Kier alpha value is -1.92. The number of fused-ring (bicyclic) bond motifs is 1. The molecule has 6 nitrogen and oxygen atoms in total. The predicted molar refractivity (Wildman–Crippen MR) is 103 cm³/mol. The Labute approximate surface area is 154 Å². The number of nitrogens with zero attached hydrogens (tertiary/aromatic N) is 3. The monoisotopic (exact) mass is 355 g/mol. The van der Waals surface area contributed by atoms with Crippen LogP contribution in [0.25, 0.3) is 11.0 Å². The Bertz CT molecular complexity index is 772. The number of hydrogen-bond acceptors (Lipinski definition) is 4. The van der Waals surface area contributed by atoms with Gasteiger partial charge in [-0.05, 0) is 64.0 Å². The summed E-state index contributed by atoms with van der Waals surface area (Å²) < 4.78 is 2.35. The second-order valence-electron chi connectivity index (χ2n) is 7.59. The summed E-state index contributed by atoms with van der Waals surface area (Å²) in [4.78, 5) is 19.4. The van der Waals surface area contributed by atoms with Gasteiger partial charge in [0.05, 0.1) is 11.1 Å². The van der Waals surface area contributed by atoms with Crippen LogP contribution in [-0.4, -0.2) is 53.1 Å². The van der Waals surface area contributed by atoms with Gasteiger partial charge in [0, 0.05) is 19.0 Å². The van der Waals surface area contributed by atoms with Crippen LogP contribution < -0.4 is 11.1 Å². The lowest BCUT2D eigenvalue weighted by Gasteiger charge is -2.28. The fourth-order valence-corrected chi connectivity index (χ4v) is 4.42. The first-order valence-electron chi connectivity index (χ1n) is 9.96. The molecular formula is C20H29N5O. The van der Waals surface area contributed by atoms with Crippen LogP contribution in [-0.2, 0) is 6.54 Å². The van der Waals surface area contributed by atoms with Gasteiger partial charge in [-0.3, -0.25) is 4.79 Å². The van der Waals surface area contributed by atoms with Crippen molar-refractivity contribution in [2.24, 2.45) is 5.73 Å². The molecule has 140 valence electrons. The Kier molecular flexibility index (Phi) is 5.22. The third-order valence-electron chi connectivity index (χ3n) is 5.87. The highest BCUT2D eigenvalue weighted by Crippen LogP contribution is 2.29. The van der Waals surface area contributed by atoms with E-state index in [-0.39, 0.29) is 0 Å². The number of rotatable bonds is 5. The molecule has 2 saturated heterocycles. The van der Waals surface area contributed by atoms with Crippen LogP contribution in [0.3, 0.4) is 0 Å². The average molecular weight is 355 g/mol. The molecule has 1 aromatic carbocycles. The SMILES string of the molecule is NC(=O)c1cccc2c1nc(C1CCNCC1)n2CCN1CCCCC1. The quantitative estimate of drug-likeness (QED) is 0.861. The number of amides is 1. The molecule has 6 heteroatoms. The Morgan fingerprint density at radius 1 is 1.15 bits per heavy atom. The van der Waals surface area contributed by atoms with Crippen LogP contribution >= 0.6 is 0 Å². The van der Waals surface area contributed by atoms with Gasteiger partial charge in [0.25, 0.3) is 5.91 Å². The predicted octanol–water partition coefficient (Wildman–Crippen LogP) is 2.09. The van der Waals surface area contributed by atoms with E-state index in [0.717, 1.165) is 55.9 Å². The standard InChI is InChI=1S/C20H29N5O/c21-19(26)16-5-4-6-17-18(16)23-20(15-7-9-22-10-8-15)25(17)14-13-24-11-2-1-3-12-24/h4-6,15,22H,1-3,7-14H2,(H2,21,26). The van der Waals surface area contributed by atoms with Crippen LogP contribution in [0, 0.1) is 0 Å². The molecule has 26 heavy (non-hydrogen) atoms. The van der Waals surface area contributed by atoms with Gasteiger partial charge in [0.2, 0.25) is 0 Å². The first-order valence-corrected chi connectivity index (χ1v) is 9.96. The third-order valence-corrected chi connectivity index (χ3v) is 5.87. The van der Waals surface area contributed by atoms with E-state index in [1.54, 1.807) is 6.07 Å². The van der Waals surface area contributed by atoms with E-state index in [1.165, 1.54) is 32.4 Å². The van der Waals surface area contributed by atoms with Crippen molar-refractivity contribution in [3.8, 4) is 0 Å². The lowest BCUT2D eigenvalue weighted by atomic mass is 9.97. The molecule has 0 radical (unpaired) electrons. The number of carbonyl (C=O) groups is 1. The number of carbonyl (C=O) groups excluding carboxylic acids is 1. The number of aromatic nitrogens is 2. The van der Waals surface area contributed by atoms with Crippen molar-refractivity contribution < 1.29 is 4.79 Å². The molecule has 3 heterocycles. The minimum Gasteiger partial charge on any atom is -0.366 e. The molecule has 2 fully saturated rings. The topological polar surface area (TPSA) is 76.2 Å². The zero-order valence-corrected chi connectivity index (χ0v) is 15.4. The van der Waals surface area contributed by atoms with E-state index in [2.05, 4.69) is 20.9 Å². The molecule has 3 N–H and O–H groups in total. The fraction of sp³-hybridized carbons (Fsp3) is 0.600. The summed E-state index contributed by atoms with van der Waals surface area (Å²) in [5.74, 6) is 1.19. The summed E-state index contributed by atoms with van der Waals surface area (Å²) >= 11 is 0. The van der Waals surface area contributed by atoms with E-state index in [1.807, 2.05) is 6.07 Å². The molecule has 2 aliphatic rings. The molecule has 0 atom stereocenters. The number of hydrogen-bond donors (Lipinski definition) is 2. The van der Waals surface area contributed by atoms with Gasteiger partial charge in [-0.15, -0.1) is 0 Å². The van der Waals surface area contributed by atoms with Gasteiger partial charge in [0.1, 0.15) is 11.3 Å². The summed E-state index contributed by atoms with van der Waals surface area (Å²) in [5, 5.41) is 3.43. The molecule has 1 aromatic heterocycles. The number of imidazole rings is 1. The fourth-order valence-electron chi connectivity index (χ4n) is 4.42. The van der Waals surface area contributed by atoms with Gasteiger partial charge in [0.15, 0.2) is 0 Å². The first-order chi connectivity index (χ1) is 12.7. The van der Waals surface area contributed by atoms with E-state index in [0.29, 0.717) is 11.5 Å². The number of likely N-dealkylation sites (tertiary alicyclic amines) is 1. The van der Waals surface area contributed by atoms with Crippen molar-refractivity contribution in [1.29, 1.82) is 0 Å². The molecule has 2 aromatic rings.